The first-order valence-electron chi connectivity index (χ1n) is 7.65. The summed E-state index contributed by atoms with van der Waals surface area (Å²) in [5.41, 5.74) is 1.91. The first-order valence-corrected chi connectivity index (χ1v) is 7.65. The average molecular weight is 312 g/mol. The quantitative estimate of drug-likeness (QED) is 0.652. The van der Waals surface area contributed by atoms with Crippen molar-refractivity contribution in [2.45, 2.75) is 44.8 Å². The lowest BCUT2D eigenvalue weighted by Gasteiger charge is -2.28. The molecule has 1 aromatic heterocycles. The van der Waals surface area contributed by atoms with Gasteiger partial charge in [0.2, 0.25) is 0 Å². The first kappa shape index (κ1) is 16.8. The van der Waals surface area contributed by atoms with Crippen LogP contribution in [-0.2, 0) is 11.8 Å². The summed E-state index contributed by atoms with van der Waals surface area (Å²) in [5, 5.41) is 31.0. The summed E-state index contributed by atoms with van der Waals surface area (Å²) in [6.45, 7) is 1.82. The predicted molar refractivity (Wildman–Crippen MR) is 84.9 cm³/mol. The van der Waals surface area contributed by atoms with Gasteiger partial charge in [0, 0.05) is 12.7 Å². The van der Waals surface area contributed by atoms with Gasteiger partial charge in [-0.1, -0.05) is 12.8 Å². The Balaban J connectivity index is 2.20. The van der Waals surface area contributed by atoms with Gasteiger partial charge in [-0.25, -0.2) is 0 Å². The van der Waals surface area contributed by atoms with E-state index >= 15 is 0 Å². The molecule has 0 bridgehead atoms. The van der Waals surface area contributed by atoms with E-state index in [1.807, 2.05) is 13.0 Å². The van der Waals surface area contributed by atoms with E-state index < -0.39 is 12.0 Å². The van der Waals surface area contributed by atoms with Gasteiger partial charge in [-0.15, -0.1) is 0 Å². The number of aliphatic hydroxyl groups is 1. The Hall–Kier alpha value is -2.57. The molecular formula is C17H20N4O2. The van der Waals surface area contributed by atoms with Crippen LogP contribution in [0.5, 0.6) is 0 Å². The number of amides is 1. The summed E-state index contributed by atoms with van der Waals surface area (Å²) < 4.78 is 1.71. The summed E-state index contributed by atoms with van der Waals surface area (Å²) in [6, 6.07) is 5.31. The Kier molecular flexibility index (Phi) is 5.20. The normalized spacial score (nSPS) is 21.3. The van der Waals surface area contributed by atoms with E-state index in [2.05, 4.69) is 11.4 Å². The van der Waals surface area contributed by atoms with Crippen molar-refractivity contribution in [2.75, 3.05) is 0 Å². The molecule has 2 unspecified atom stereocenters. The van der Waals surface area contributed by atoms with E-state index in [9.17, 15) is 15.2 Å². The van der Waals surface area contributed by atoms with Crippen molar-refractivity contribution in [3.05, 3.63) is 28.6 Å². The molecule has 2 atom stereocenters. The SMILES string of the molecule is Cc1c(/C=C(/C#N)C(=O)NC2CCCCC2O)cc(C#N)n1C. The van der Waals surface area contributed by atoms with Gasteiger partial charge in [0.15, 0.2) is 0 Å². The largest absolute Gasteiger partial charge is 0.391 e. The van der Waals surface area contributed by atoms with Crippen LogP contribution in [0.25, 0.3) is 6.08 Å². The molecule has 6 heteroatoms. The second-order valence-corrected chi connectivity index (χ2v) is 5.84. The summed E-state index contributed by atoms with van der Waals surface area (Å²) in [5.74, 6) is -0.486. The van der Waals surface area contributed by atoms with Crippen LogP contribution < -0.4 is 5.32 Å². The number of carbonyl (C=O) groups is 1. The molecule has 1 aliphatic rings. The van der Waals surface area contributed by atoms with Gasteiger partial charge in [0.25, 0.3) is 5.91 Å². The number of aromatic nitrogens is 1. The van der Waals surface area contributed by atoms with Crippen molar-refractivity contribution >= 4 is 12.0 Å². The van der Waals surface area contributed by atoms with Crippen LogP contribution in [0.3, 0.4) is 0 Å². The number of rotatable bonds is 3. The van der Waals surface area contributed by atoms with Crippen LogP contribution in [0.2, 0.25) is 0 Å². The maximum absolute atomic E-state index is 12.3. The molecular weight excluding hydrogens is 292 g/mol. The van der Waals surface area contributed by atoms with Gasteiger partial charge >= 0.3 is 0 Å². The fourth-order valence-electron chi connectivity index (χ4n) is 2.81. The van der Waals surface area contributed by atoms with Crippen molar-refractivity contribution in [1.29, 1.82) is 10.5 Å². The predicted octanol–water partition coefficient (Wildman–Crippen LogP) is 1.53. The summed E-state index contributed by atoms with van der Waals surface area (Å²) in [4.78, 5) is 12.3. The lowest BCUT2D eigenvalue weighted by molar-refractivity contribution is -0.118. The van der Waals surface area contributed by atoms with E-state index in [-0.39, 0.29) is 11.6 Å². The maximum Gasteiger partial charge on any atom is 0.262 e. The molecule has 0 aliphatic heterocycles. The molecule has 23 heavy (non-hydrogen) atoms. The zero-order chi connectivity index (χ0) is 17.0. The minimum absolute atomic E-state index is 0.0269. The fourth-order valence-corrected chi connectivity index (χ4v) is 2.81. The number of nitrogens with one attached hydrogen (secondary N) is 1. The first-order chi connectivity index (χ1) is 11.0. The number of carbonyl (C=O) groups excluding carboxylic acids is 1. The molecule has 1 heterocycles. The number of aliphatic hydroxyl groups excluding tert-OH is 1. The zero-order valence-electron chi connectivity index (χ0n) is 13.3. The number of nitrogens with zero attached hydrogens (tertiary/aromatic N) is 3. The lowest BCUT2D eigenvalue weighted by Crippen LogP contribution is -2.45. The van der Waals surface area contributed by atoms with E-state index in [0.29, 0.717) is 24.1 Å². The van der Waals surface area contributed by atoms with Crippen LogP contribution in [0.15, 0.2) is 11.6 Å². The highest BCUT2D eigenvalue weighted by Gasteiger charge is 2.25. The summed E-state index contributed by atoms with van der Waals surface area (Å²) in [6.07, 6.45) is 4.22. The molecule has 120 valence electrons. The molecule has 2 N–H and O–H groups in total. The minimum Gasteiger partial charge on any atom is -0.391 e. The Bertz CT molecular complexity index is 718. The maximum atomic E-state index is 12.3. The zero-order valence-corrected chi connectivity index (χ0v) is 13.3. The van der Waals surface area contributed by atoms with Crippen molar-refractivity contribution in [2.24, 2.45) is 7.05 Å². The van der Waals surface area contributed by atoms with Crippen molar-refractivity contribution in [3.63, 3.8) is 0 Å². The highest BCUT2D eigenvalue weighted by atomic mass is 16.3. The van der Waals surface area contributed by atoms with E-state index in [1.54, 1.807) is 17.7 Å². The fraction of sp³-hybridized carbons (Fsp3) is 0.471. The molecule has 0 radical (unpaired) electrons. The molecule has 1 amide bonds. The Labute approximate surface area is 135 Å². The smallest absolute Gasteiger partial charge is 0.262 e. The third-order valence-electron chi connectivity index (χ3n) is 4.40. The highest BCUT2D eigenvalue weighted by Crippen LogP contribution is 2.20. The van der Waals surface area contributed by atoms with E-state index in [0.717, 1.165) is 18.5 Å². The van der Waals surface area contributed by atoms with Crippen molar-refractivity contribution < 1.29 is 9.90 Å². The van der Waals surface area contributed by atoms with Gasteiger partial charge in [-0.2, -0.15) is 10.5 Å². The van der Waals surface area contributed by atoms with Gasteiger partial charge in [0.05, 0.1) is 12.1 Å². The standard InChI is InChI=1S/C17H20N4O2/c1-11-12(8-14(10-19)21(11)2)7-13(9-18)17(23)20-15-5-3-4-6-16(15)22/h7-8,15-16,22H,3-6H2,1-2H3,(H,20,23)/b13-7-. The second kappa shape index (κ2) is 7.13. The minimum atomic E-state index is -0.559. The van der Waals surface area contributed by atoms with Gasteiger partial charge in [-0.3, -0.25) is 4.79 Å². The average Bonchev–Trinajstić information content (AvgIpc) is 2.82. The van der Waals surface area contributed by atoms with Crippen molar-refractivity contribution in [1.82, 2.24) is 9.88 Å². The molecule has 0 saturated heterocycles. The monoisotopic (exact) mass is 312 g/mol. The number of nitriles is 2. The molecule has 1 fully saturated rings. The Morgan fingerprint density at radius 1 is 1.43 bits per heavy atom. The molecule has 1 aliphatic carbocycles. The summed E-state index contributed by atoms with van der Waals surface area (Å²) in [7, 11) is 1.76. The third-order valence-corrected chi connectivity index (χ3v) is 4.40. The van der Waals surface area contributed by atoms with Crippen LogP contribution >= 0.6 is 0 Å². The Morgan fingerprint density at radius 3 is 2.70 bits per heavy atom. The third kappa shape index (κ3) is 3.61. The molecule has 2 rings (SSSR count). The van der Waals surface area contributed by atoms with Gasteiger partial charge in [-0.05, 0) is 37.5 Å². The molecule has 1 aromatic rings. The molecule has 0 spiro atoms. The second-order valence-electron chi connectivity index (χ2n) is 5.84. The van der Waals surface area contributed by atoms with Crippen molar-refractivity contribution in [3.8, 4) is 12.1 Å². The van der Waals surface area contributed by atoms with Gasteiger partial charge < -0.3 is 15.0 Å². The van der Waals surface area contributed by atoms with Crippen LogP contribution in [0.1, 0.15) is 42.6 Å². The van der Waals surface area contributed by atoms with Gasteiger partial charge in [0.1, 0.15) is 23.4 Å². The Morgan fingerprint density at radius 2 is 2.13 bits per heavy atom. The number of hydrogen-bond acceptors (Lipinski definition) is 4. The number of hydrogen-bond donors (Lipinski definition) is 2. The lowest BCUT2D eigenvalue weighted by atomic mass is 9.92. The molecule has 1 saturated carbocycles. The van der Waals surface area contributed by atoms with E-state index in [1.165, 1.54) is 6.08 Å². The summed E-state index contributed by atoms with van der Waals surface area (Å²) >= 11 is 0. The van der Waals surface area contributed by atoms with Crippen LogP contribution in [0, 0.1) is 29.6 Å². The molecule has 6 nitrogen and oxygen atoms in total. The van der Waals surface area contributed by atoms with Crippen LogP contribution in [0.4, 0.5) is 0 Å². The topological polar surface area (TPSA) is 102 Å². The van der Waals surface area contributed by atoms with E-state index in [4.69, 9.17) is 5.26 Å². The van der Waals surface area contributed by atoms with Crippen LogP contribution in [-0.4, -0.2) is 27.7 Å². The molecule has 0 aromatic carbocycles. The highest BCUT2D eigenvalue weighted by molar-refractivity contribution is 6.02.